The van der Waals surface area contributed by atoms with Crippen LogP contribution in [0.1, 0.15) is 41.5 Å². The van der Waals surface area contributed by atoms with E-state index in [2.05, 4.69) is 15.6 Å². The van der Waals surface area contributed by atoms with Crippen LogP contribution in [0.25, 0.3) is 0 Å². The molecule has 1 saturated heterocycles. The molecule has 7 heteroatoms. The van der Waals surface area contributed by atoms with Gasteiger partial charge < -0.3 is 10.6 Å². The van der Waals surface area contributed by atoms with Crippen LogP contribution in [0.5, 0.6) is 0 Å². The molecule has 2 N–H and O–H groups in total. The summed E-state index contributed by atoms with van der Waals surface area (Å²) < 4.78 is 27.7. The summed E-state index contributed by atoms with van der Waals surface area (Å²) in [7, 11) is 0. The molecule has 2 aromatic rings. The lowest BCUT2D eigenvalue weighted by Crippen LogP contribution is -2.26. The minimum Gasteiger partial charge on any atom is -0.317 e. The van der Waals surface area contributed by atoms with Gasteiger partial charge in [0.2, 0.25) is 5.91 Å². The largest absolute Gasteiger partial charge is 0.317 e. The Kier molecular flexibility index (Phi) is 4.52. The van der Waals surface area contributed by atoms with Crippen molar-refractivity contribution in [3.05, 3.63) is 46.5 Å². The lowest BCUT2D eigenvalue weighted by atomic mass is 9.97. The van der Waals surface area contributed by atoms with Gasteiger partial charge in [-0.1, -0.05) is 6.07 Å². The van der Waals surface area contributed by atoms with Gasteiger partial charge in [-0.15, -0.1) is 11.3 Å². The number of anilines is 1. The van der Waals surface area contributed by atoms with Gasteiger partial charge in [0.1, 0.15) is 11.6 Å². The lowest BCUT2D eigenvalue weighted by Gasteiger charge is -2.20. The van der Waals surface area contributed by atoms with Crippen LogP contribution in [-0.4, -0.2) is 24.0 Å². The number of hydrogen-bond donors (Lipinski definition) is 2. The van der Waals surface area contributed by atoms with E-state index in [9.17, 15) is 13.6 Å². The number of aromatic nitrogens is 1. The molecule has 132 valence electrons. The van der Waals surface area contributed by atoms with E-state index in [0.29, 0.717) is 17.5 Å². The number of nitrogens with one attached hydrogen (secondary N) is 2. The minimum absolute atomic E-state index is 0.0252. The standard InChI is InChI=1S/C18H19F2N3OS/c19-13-2-1-3-14(20)16(13)11-8-12(11)17(24)23-18-22-9-15(25-18)10-4-6-21-7-5-10/h1-3,9-12,21H,4-8H2,(H,22,23,24). The van der Waals surface area contributed by atoms with Crippen molar-refractivity contribution in [3.8, 4) is 0 Å². The molecule has 4 rings (SSSR count). The fourth-order valence-corrected chi connectivity index (χ4v) is 4.49. The van der Waals surface area contributed by atoms with E-state index in [1.807, 2.05) is 6.20 Å². The Hall–Kier alpha value is -1.86. The Balaban J connectivity index is 1.39. The van der Waals surface area contributed by atoms with Crippen LogP contribution in [-0.2, 0) is 4.79 Å². The van der Waals surface area contributed by atoms with Crippen LogP contribution in [0.15, 0.2) is 24.4 Å². The second kappa shape index (κ2) is 6.80. The first-order valence-electron chi connectivity index (χ1n) is 8.54. The highest BCUT2D eigenvalue weighted by atomic mass is 32.1. The second-order valence-corrected chi connectivity index (χ2v) is 7.73. The van der Waals surface area contributed by atoms with E-state index in [-0.39, 0.29) is 17.4 Å². The van der Waals surface area contributed by atoms with E-state index in [1.54, 1.807) is 0 Å². The van der Waals surface area contributed by atoms with Crippen molar-refractivity contribution in [2.24, 2.45) is 5.92 Å². The quantitative estimate of drug-likeness (QED) is 0.872. The molecule has 2 fully saturated rings. The monoisotopic (exact) mass is 363 g/mol. The van der Waals surface area contributed by atoms with E-state index in [4.69, 9.17) is 0 Å². The van der Waals surface area contributed by atoms with Gasteiger partial charge in [0.25, 0.3) is 0 Å². The van der Waals surface area contributed by atoms with Crippen molar-refractivity contribution in [1.82, 2.24) is 10.3 Å². The number of piperidine rings is 1. The minimum atomic E-state index is -0.581. The van der Waals surface area contributed by atoms with Crippen molar-refractivity contribution in [2.75, 3.05) is 18.4 Å². The van der Waals surface area contributed by atoms with Crippen LogP contribution in [0.4, 0.5) is 13.9 Å². The van der Waals surface area contributed by atoms with E-state index >= 15 is 0 Å². The highest BCUT2D eigenvalue weighted by molar-refractivity contribution is 7.15. The molecule has 0 spiro atoms. The molecule has 2 aliphatic rings. The highest BCUT2D eigenvalue weighted by Crippen LogP contribution is 2.49. The van der Waals surface area contributed by atoms with Crippen LogP contribution in [0, 0.1) is 17.6 Å². The second-order valence-electron chi connectivity index (χ2n) is 6.67. The normalized spacial score (nSPS) is 23.4. The number of carbonyl (C=O) groups is 1. The van der Waals surface area contributed by atoms with Crippen LogP contribution in [0.3, 0.4) is 0 Å². The molecule has 25 heavy (non-hydrogen) atoms. The number of nitrogens with zero attached hydrogens (tertiary/aromatic N) is 1. The lowest BCUT2D eigenvalue weighted by molar-refractivity contribution is -0.117. The Bertz CT molecular complexity index is 768. The van der Waals surface area contributed by atoms with Crippen molar-refractivity contribution < 1.29 is 13.6 Å². The van der Waals surface area contributed by atoms with Gasteiger partial charge in [-0.05, 0) is 50.4 Å². The summed E-state index contributed by atoms with van der Waals surface area (Å²) >= 11 is 1.50. The number of carbonyl (C=O) groups excluding carboxylic acids is 1. The highest BCUT2D eigenvalue weighted by Gasteiger charge is 2.46. The first kappa shape index (κ1) is 16.6. The molecule has 0 bridgehead atoms. The smallest absolute Gasteiger partial charge is 0.229 e. The maximum Gasteiger partial charge on any atom is 0.229 e. The molecule has 2 atom stereocenters. The van der Waals surface area contributed by atoms with Crippen molar-refractivity contribution >= 4 is 22.4 Å². The molecule has 1 saturated carbocycles. The third-order valence-electron chi connectivity index (χ3n) is 4.99. The first-order chi connectivity index (χ1) is 12.1. The maximum absolute atomic E-state index is 13.8. The predicted octanol–water partition coefficient (Wildman–Crippen LogP) is 3.63. The van der Waals surface area contributed by atoms with Crippen LogP contribution < -0.4 is 10.6 Å². The van der Waals surface area contributed by atoms with E-state index in [0.717, 1.165) is 25.9 Å². The third-order valence-corrected chi connectivity index (χ3v) is 6.07. The molecule has 0 radical (unpaired) electrons. The summed E-state index contributed by atoms with van der Waals surface area (Å²) in [6, 6.07) is 3.80. The first-order valence-corrected chi connectivity index (χ1v) is 9.36. The number of amides is 1. The SMILES string of the molecule is O=C(Nc1ncc(C2CCNCC2)s1)C1CC1c1c(F)cccc1F. The molecular formula is C18H19F2N3OS. The maximum atomic E-state index is 13.8. The van der Waals surface area contributed by atoms with Gasteiger partial charge >= 0.3 is 0 Å². The zero-order valence-corrected chi connectivity index (χ0v) is 14.4. The molecule has 2 heterocycles. The Morgan fingerprint density at radius 1 is 1.24 bits per heavy atom. The topological polar surface area (TPSA) is 54.0 Å². The zero-order valence-electron chi connectivity index (χ0n) is 13.6. The van der Waals surface area contributed by atoms with Crippen molar-refractivity contribution in [3.63, 3.8) is 0 Å². The zero-order chi connectivity index (χ0) is 17.4. The number of rotatable bonds is 4. The Labute approximate surface area is 148 Å². The summed E-state index contributed by atoms with van der Waals surface area (Å²) in [5.41, 5.74) is 0.0252. The van der Waals surface area contributed by atoms with Crippen LogP contribution >= 0.6 is 11.3 Å². The summed E-state index contributed by atoms with van der Waals surface area (Å²) in [6.07, 6.45) is 4.45. The molecule has 1 aliphatic carbocycles. The van der Waals surface area contributed by atoms with Gasteiger partial charge in [0, 0.05) is 28.5 Å². The Morgan fingerprint density at radius 2 is 1.96 bits per heavy atom. The van der Waals surface area contributed by atoms with Gasteiger partial charge in [0.05, 0.1) is 0 Å². The molecule has 1 aliphatic heterocycles. The third kappa shape index (κ3) is 3.43. The van der Waals surface area contributed by atoms with Gasteiger partial charge in [-0.3, -0.25) is 4.79 Å². The number of thiazole rings is 1. The van der Waals surface area contributed by atoms with Crippen molar-refractivity contribution in [1.29, 1.82) is 0 Å². The molecule has 1 aromatic heterocycles. The molecule has 1 amide bonds. The van der Waals surface area contributed by atoms with Gasteiger partial charge in [-0.2, -0.15) is 0 Å². The summed E-state index contributed by atoms with van der Waals surface area (Å²) in [5.74, 6) is -1.65. The number of hydrogen-bond acceptors (Lipinski definition) is 4. The Morgan fingerprint density at radius 3 is 2.68 bits per heavy atom. The van der Waals surface area contributed by atoms with E-state index in [1.165, 1.54) is 34.4 Å². The average molecular weight is 363 g/mol. The fraction of sp³-hybridized carbons (Fsp3) is 0.444. The predicted molar refractivity (Wildman–Crippen MR) is 92.8 cm³/mol. The molecule has 1 aromatic carbocycles. The molecule has 4 nitrogen and oxygen atoms in total. The van der Waals surface area contributed by atoms with Crippen LogP contribution in [0.2, 0.25) is 0 Å². The fourth-order valence-electron chi connectivity index (χ4n) is 3.51. The van der Waals surface area contributed by atoms with Gasteiger partial charge in [0.15, 0.2) is 5.13 Å². The summed E-state index contributed by atoms with van der Waals surface area (Å²) in [6.45, 7) is 2.00. The summed E-state index contributed by atoms with van der Waals surface area (Å²) in [4.78, 5) is 17.8. The number of benzene rings is 1. The van der Waals surface area contributed by atoms with Gasteiger partial charge in [-0.25, -0.2) is 13.8 Å². The van der Waals surface area contributed by atoms with Crippen molar-refractivity contribution in [2.45, 2.75) is 31.1 Å². The number of halogens is 2. The average Bonchev–Trinajstić information content (AvgIpc) is 3.26. The molecular weight excluding hydrogens is 344 g/mol. The molecule has 2 unspecified atom stereocenters. The summed E-state index contributed by atoms with van der Waals surface area (Å²) in [5, 5.41) is 6.71. The van der Waals surface area contributed by atoms with E-state index < -0.39 is 17.6 Å².